The SMILES string of the molecule is CC(C)C(C)C1CC=CCC1. The van der Waals surface area contributed by atoms with Crippen LogP contribution in [0.5, 0.6) is 0 Å². The summed E-state index contributed by atoms with van der Waals surface area (Å²) in [6.07, 6.45) is 8.72. The number of rotatable bonds is 2. The van der Waals surface area contributed by atoms with Crippen LogP contribution in [-0.4, -0.2) is 0 Å². The fourth-order valence-corrected chi connectivity index (χ4v) is 1.84. The summed E-state index contributed by atoms with van der Waals surface area (Å²) < 4.78 is 0. The van der Waals surface area contributed by atoms with E-state index in [1.807, 2.05) is 0 Å². The molecular formula is C11H20. The third-order valence-electron chi connectivity index (χ3n) is 3.10. The summed E-state index contributed by atoms with van der Waals surface area (Å²) in [7, 11) is 0. The predicted molar refractivity (Wildman–Crippen MR) is 50.5 cm³/mol. The predicted octanol–water partition coefficient (Wildman–Crippen LogP) is 3.63. The Hall–Kier alpha value is -0.260. The minimum absolute atomic E-state index is 0.853. The van der Waals surface area contributed by atoms with Gasteiger partial charge in [0.2, 0.25) is 0 Å². The zero-order valence-corrected chi connectivity index (χ0v) is 8.01. The molecule has 2 atom stereocenters. The van der Waals surface area contributed by atoms with Crippen molar-refractivity contribution >= 4 is 0 Å². The smallest absolute Gasteiger partial charge is 0.0319 e. The molecule has 1 rings (SSSR count). The molecule has 0 heterocycles. The Labute approximate surface area is 70.7 Å². The van der Waals surface area contributed by atoms with E-state index < -0.39 is 0 Å². The highest BCUT2D eigenvalue weighted by molar-refractivity contribution is 4.91. The van der Waals surface area contributed by atoms with E-state index in [4.69, 9.17) is 0 Å². The first-order chi connectivity index (χ1) is 5.22. The van der Waals surface area contributed by atoms with Crippen LogP contribution >= 0.6 is 0 Å². The van der Waals surface area contributed by atoms with Gasteiger partial charge in [0.15, 0.2) is 0 Å². The third kappa shape index (κ3) is 2.36. The Morgan fingerprint density at radius 3 is 2.36 bits per heavy atom. The Morgan fingerprint density at radius 1 is 1.18 bits per heavy atom. The number of hydrogen-bond acceptors (Lipinski definition) is 0. The van der Waals surface area contributed by atoms with E-state index in [1.54, 1.807) is 0 Å². The van der Waals surface area contributed by atoms with Crippen molar-refractivity contribution in [2.45, 2.75) is 40.0 Å². The Bertz CT molecular complexity index is 133. The second-order valence-electron chi connectivity index (χ2n) is 4.15. The summed E-state index contributed by atoms with van der Waals surface area (Å²) in [5.41, 5.74) is 0. The van der Waals surface area contributed by atoms with Crippen LogP contribution in [0.2, 0.25) is 0 Å². The van der Waals surface area contributed by atoms with E-state index in [-0.39, 0.29) is 0 Å². The topological polar surface area (TPSA) is 0 Å². The fraction of sp³-hybridized carbons (Fsp3) is 0.818. The van der Waals surface area contributed by atoms with Gasteiger partial charge in [-0.05, 0) is 37.0 Å². The molecule has 64 valence electrons. The van der Waals surface area contributed by atoms with Crippen LogP contribution in [0, 0.1) is 17.8 Å². The van der Waals surface area contributed by atoms with Gasteiger partial charge < -0.3 is 0 Å². The Balaban J connectivity index is 2.40. The first kappa shape index (κ1) is 8.83. The monoisotopic (exact) mass is 152 g/mol. The largest absolute Gasteiger partial charge is 0.0885 e. The van der Waals surface area contributed by atoms with Crippen molar-refractivity contribution < 1.29 is 0 Å². The van der Waals surface area contributed by atoms with Crippen LogP contribution in [0.3, 0.4) is 0 Å². The van der Waals surface area contributed by atoms with Gasteiger partial charge in [-0.3, -0.25) is 0 Å². The number of hydrogen-bond donors (Lipinski definition) is 0. The summed E-state index contributed by atoms with van der Waals surface area (Å²) in [6, 6.07) is 0. The normalized spacial score (nSPS) is 27.5. The molecule has 1 aliphatic rings. The van der Waals surface area contributed by atoms with Crippen LogP contribution in [0.15, 0.2) is 12.2 Å². The highest BCUT2D eigenvalue weighted by atomic mass is 14.2. The summed E-state index contributed by atoms with van der Waals surface area (Å²) in [5.74, 6) is 2.71. The second kappa shape index (κ2) is 3.94. The van der Waals surface area contributed by atoms with E-state index in [0.29, 0.717) is 0 Å². The highest BCUT2D eigenvalue weighted by Gasteiger charge is 2.19. The maximum absolute atomic E-state index is 2.40. The van der Waals surface area contributed by atoms with Crippen molar-refractivity contribution in [3.63, 3.8) is 0 Å². The van der Waals surface area contributed by atoms with Gasteiger partial charge in [0.05, 0.1) is 0 Å². The van der Waals surface area contributed by atoms with E-state index in [9.17, 15) is 0 Å². The zero-order valence-electron chi connectivity index (χ0n) is 8.01. The van der Waals surface area contributed by atoms with Crippen molar-refractivity contribution in [1.82, 2.24) is 0 Å². The average molecular weight is 152 g/mol. The highest BCUT2D eigenvalue weighted by Crippen LogP contribution is 2.30. The van der Waals surface area contributed by atoms with E-state index >= 15 is 0 Å². The quantitative estimate of drug-likeness (QED) is 0.530. The molecule has 0 aliphatic heterocycles. The molecule has 0 heteroatoms. The average Bonchev–Trinajstić information content (AvgIpc) is 2.05. The summed E-state index contributed by atoms with van der Waals surface area (Å²) >= 11 is 0. The lowest BCUT2D eigenvalue weighted by molar-refractivity contribution is 0.259. The molecule has 0 N–H and O–H groups in total. The van der Waals surface area contributed by atoms with Crippen LogP contribution in [0.1, 0.15) is 40.0 Å². The molecule has 0 nitrogen and oxygen atoms in total. The van der Waals surface area contributed by atoms with E-state index in [2.05, 4.69) is 32.9 Å². The third-order valence-corrected chi connectivity index (χ3v) is 3.10. The van der Waals surface area contributed by atoms with Crippen molar-refractivity contribution in [1.29, 1.82) is 0 Å². The minimum Gasteiger partial charge on any atom is -0.0885 e. The van der Waals surface area contributed by atoms with Gasteiger partial charge in [-0.25, -0.2) is 0 Å². The van der Waals surface area contributed by atoms with E-state index in [1.165, 1.54) is 19.3 Å². The maximum Gasteiger partial charge on any atom is -0.0319 e. The van der Waals surface area contributed by atoms with E-state index in [0.717, 1.165) is 17.8 Å². The summed E-state index contributed by atoms with van der Waals surface area (Å²) in [6.45, 7) is 7.07. The second-order valence-corrected chi connectivity index (χ2v) is 4.15. The van der Waals surface area contributed by atoms with Crippen LogP contribution in [0.25, 0.3) is 0 Å². The fourth-order valence-electron chi connectivity index (χ4n) is 1.84. The van der Waals surface area contributed by atoms with Crippen LogP contribution < -0.4 is 0 Å². The molecule has 0 bridgehead atoms. The lowest BCUT2D eigenvalue weighted by atomic mass is 9.78. The first-order valence-electron chi connectivity index (χ1n) is 4.87. The molecule has 0 saturated heterocycles. The van der Waals surface area contributed by atoms with Gasteiger partial charge in [-0.2, -0.15) is 0 Å². The molecule has 0 aromatic heterocycles. The Morgan fingerprint density at radius 2 is 1.91 bits per heavy atom. The van der Waals surface area contributed by atoms with Gasteiger partial charge in [0.1, 0.15) is 0 Å². The maximum atomic E-state index is 2.40. The van der Waals surface area contributed by atoms with Crippen molar-refractivity contribution in [2.75, 3.05) is 0 Å². The van der Waals surface area contributed by atoms with Gasteiger partial charge in [0.25, 0.3) is 0 Å². The zero-order chi connectivity index (χ0) is 8.27. The molecule has 0 saturated carbocycles. The summed E-state index contributed by atoms with van der Waals surface area (Å²) in [4.78, 5) is 0. The minimum atomic E-state index is 0.853. The lowest BCUT2D eigenvalue weighted by Crippen LogP contribution is -2.17. The molecule has 0 amide bonds. The van der Waals surface area contributed by atoms with Crippen molar-refractivity contribution in [3.05, 3.63) is 12.2 Å². The molecule has 0 fully saturated rings. The molecule has 2 unspecified atom stereocenters. The lowest BCUT2D eigenvalue weighted by Gasteiger charge is -2.27. The van der Waals surface area contributed by atoms with Crippen molar-refractivity contribution in [3.8, 4) is 0 Å². The van der Waals surface area contributed by atoms with Gasteiger partial charge in [0, 0.05) is 0 Å². The molecule has 0 spiro atoms. The van der Waals surface area contributed by atoms with Crippen molar-refractivity contribution in [2.24, 2.45) is 17.8 Å². The van der Waals surface area contributed by atoms with Crippen LogP contribution in [-0.2, 0) is 0 Å². The molecule has 11 heavy (non-hydrogen) atoms. The number of allylic oxidation sites excluding steroid dienone is 2. The molecule has 0 aromatic rings. The first-order valence-corrected chi connectivity index (χ1v) is 4.87. The van der Waals surface area contributed by atoms with Crippen LogP contribution in [0.4, 0.5) is 0 Å². The molecule has 0 radical (unpaired) electrons. The molecule has 0 aromatic carbocycles. The standard InChI is InChI=1S/C11H20/c1-9(2)10(3)11-7-5-4-6-8-11/h4-5,9-11H,6-8H2,1-3H3. The van der Waals surface area contributed by atoms with Gasteiger partial charge in [-0.1, -0.05) is 32.9 Å². The van der Waals surface area contributed by atoms with Gasteiger partial charge in [-0.15, -0.1) is 0 Å². The molecular weight excluding hydrogens is 132 g/mol. The molecule has 1 aliphatic carbocycles. The summed E-state index contributed by atoms with van der Waals surface area (Å²) in [5, 5.41) is 0. The van der Waals surface area contributed by atoms with Gasteiger partial charge >= 0.3 is 0 Å². The Kier molecular flexibility index (Phi) is 3.16.